The Bertz CT molecular complexity index is 2000. The first-order chi connectivity index (χ1) is 21.8. The second kappa shape index (κ2) is 12.6. The number of aromatic nitrogens is 2. The van der Waals surface area contributed by atoms with Gasteiger partial charge in [0.25, 0.3) is 0 Å². The Morgan fingerprint density at radius 3 is 1.80 bits per heavy atom. The molecule has 2 aliphatic heterocycles. The van der Waals surface area contributed by atoms with Gasteiger partial charge < -0.3 is 20.1 Å². The normalized spacial score (nSPS) is 12.7. The molecule has 4 heterocycles. The zero-order valence-corrected chi connectivity index (χ0v) is 26.6. The summed E-state index contributed by atoms with van der Waals surface area (Å²) < 4.78 is 12.0. The number of rotatable bonds is 5. The number of nitrogens with zero attached hydrogens (tertiary/aromatic N) is 4. The molecule has 0 bridgehead atoms. The Labute approximate surface area is 276 Å². The summed E-state index contributed by atoms with van der Waals surface area (Å²) >= 11 is 0. The summed E-state index contributed by atoms with van der Waals surface area (Å²) in [5.74, 6) is 1.98. The number of aryl methyl sites for hydroxylation is 4. The van der Waals surface area contributed by atoms with Gasteiger partial charge in [0.2, 0.25) is 17.6 Å². The van der Waals surface area contributed by atoms with Crippen LogP contribution in [0.25, 0.3) is 21.8 Å². The fraction of sp³-hybridized carbons (Fsp3) is 0.105. The zero-order valence-electron chi connectivity index (χ0n) is 24.3. The number of hydrogen-bond acceptors (Lipinski definition) is 4. The largest absolute Gasteiger partial charge is 2.00 e. The van der Waals surface area contributed by atoms with E-state index in [-0.39, 0.29) is 21.1 Å². The first-order valence-electron chi connectivity index (χ1n) is 14.9. The van der Waals surface area contributed by atoms with Gasteiger partial charge in [0.05, 0.1) is 0 Å². The predicted molar refractivity (Wildman–Crippen MR) is 174 cm³/mol. The van der Waals surface area contributed by atoms with Crippen LogP contribution in [0.2, 0.25) is 0 Å². The van der Waals surface area contributed by atoms with Gasteiger partial charge in [-0.25, -0.2) is 4.98 Å². The third-order valence-corrected chi connectivity index (χ3v) is 8.14. The van der Waals surface area contributed by atoms with Crippen molar-refractivity contribution in [2.45, 2.75) is 25.7 Å². The van der Waals surface area contributed by atoms with Gasteiger partial charge in [-0.3, -0.25) is 0 Å². The summed E-state index contributed by atoms with van der Waals surface area (Å²) in [6.45, 7) is 0. The maximum absolute atomic E-state index is 6.20. The van der Waals surface area contributed by atoms with Gasteiger partial charge >= 0.3 is 21.1 Å². The SMILES string of the molecule is [Pt+2].c1ccc(Oc2cccc(Oc3ccc4c(c3)[N-]c3c(cccc3-c3cccc5c3[N-]c3ccccc3CC5)CC4)n2)nc1. The van der Waals surface area contributed by atoms with Crippen molar-refractivity contribution in [1.82, 2.24) is 9.97 Å². The molecular formula is C38H28N4O2Pt. The molecule has 0 saturated heterocycles. The third-order valence-electron chi connectivity index (χ3n) is 8.14. The van der Waals surface area contributed by atoms with Crippen molar-refractivity contribution in [3.05, 3.63) is 154 Å². The Morgan fingerprint density at radius 2 is 1.07 bits per heavy atom. The van der Waals surface area contributed by atoms with E-state index in [0.29, 0.717) is 23.4 Å². The van der Waals surface area contributed by atoms with Gasteiger partial charge in [-0.15, -0.1) is 22.7 Å². The third kappa shape index (κ3) is 5.94. The molecule has 0 N–H and O–H groups in total. The van der Waals surface area contributed by atoms with E-state index < -0.39 is 0 Å². The Balaban J connectivity index is 0.00000325. The van der Waals surface area contributed by atoms with Gasteiger partial charge in [-0.05, 0) is 55.0 Å². The smallest absolute Gasteiger partial charge is 0.657 e. The Morgan fingerprint density at radius 1 is 0.489 bits per heavy atom. The van der Waals surface area contributed by atoms with Crippen molar-refractivity contribution in [3.8, 4) is 34.5 Å². The van der Waals surface area contributed by atoms with Crippen molar-refractivity contribution in [3.63, 3.8) is 0 Å². The van der Waals surface area contributed by atoms with Crippen molar-refractivity contribution in [2.75, 3.05) is 0 Å². The standard InChI is InChI=1S/C38H28N4O2.Pt/c1-2-13-32-25(8-1)17-19-27-9-5-11-30(37(27)40-32)31-12-6-10-28-20-18-26-21-22-29(24-33(26)41-38(28)31)43-35-15-7-16-36(42-35)44-34-14-3-4-23-39-34;/h1-16,21-24H,17-20H2;/q-2;+2. The van der Waals surface area contributed by atoms with E-state index in [9.17, 15) is 0 Å². The van der Waals surface area contributed by atoms with Crippen LogP contribution in [0, 0.1) is 0 Å². The molecule has 2 aliphatic rings. The summed E-state index contributed by atoms with van der Waals surface area (Å²) in [6.07, 6.45) is 5.42. The minimum absolute atomic E-state index is 0. The van der Waals surface area contributed by atoms with E-state index in [1.807, 2.05) is 36.4 Å². The molecule has 0 unspecified atom stereocenters. The number of fused-ring (bicyclic) bond motifs is 4. The van der Waals surface area contributed by atoms with Crippen LogP contribution in [0.3, 0.4) is 0 Å². The number of para-hydroxylation sites is 3. The first kappa shape index (κ1) is 28.8. The summed E-state index contributed by atoms with van der Waals surface area (Å²) in [4.78, 5) is 8.73. The second-order valence-corrected chi connectivity index (χ2v) is 11.0. The van der Waals surface area contributed by atoms with Gasteiger partial charge in [0.1, 0.15) is 5.75 Å². The molecular weight excluding hydrogens is 740 g/mol. The van der Waals surface area contributed by atoms with Gasteiger partial charge in [0, 0.05) is 24.4 Å². The van der Waals surface area contributed by atoms with Crippen LogP contribution in [-0.4, -0.2) is 9.97 Å². The molecule has 7 heteroatoms. The Kier molecular flexibility index (Phi) is 8.06. The molecule has 0 amide bonds. The molecule has 45 heavy (non-hydrogen) atoms. The number of benzene rings is 4. The van der Waals surface area contributed by atoms with E-state index >= 15 is 0 Å². The van der Waals surface area contributed by atoms with Crippen LogP contribution in [0.4, 0.5) is 22.7 Å². The molecule has 0 radical (unpaired) electrons. The molecule has 4 aromatic carbocycles. The van der Waals surface area contributed by atoms with E-state index in [1.165, 1.54) is 22.3 Å². The maximum atomic E-state index is 6.20. The Hall–Kier alpha value is -4.93. The summed E-state index contributed by atoms with van der Waals surface area (Å²) in [5, 5.41) is 10.5. The molecule has 0 aliphatic carbocycles. The maximum Gasteiger partial charge on any atom is 2.00 e. The van der Waals surface area contributed by atoms with E-state index in [2.05, 4.69) is 76.7 Å². The monoisotopic (exact) mass is 767 g/mol. The van der Waals surface area contributed by atoms with E-state index in [1.54, 1.807) is 18.3 Å². The average molecular weight is 768 g/mol. The number of hydrogen-bond donors (Lipinski definition) is 0. The van der Waals surface area contributed by atoms with Crippen LogP contribution < -0.4 is 9.47 Å². The van der Waals surface area contributed by atoms with Gasteiger partial charge in [-0.2, -0.15) is 4.98 Å². The summed E-state index contributed by atoms with van der Waals surface area (Å²) in [5.41, 5.74) is 11.2. The molecule has 0 fully saturated rings. The number of ether oxygens (including phenoxy) is 2. The van der Waals surface area contributed by atoms with Crippen LogP contribution in [-0.2, 0) is 46.7 Å². The second-order valence-electron chi connectivity index (χ2n) is 11.0. The molecule has 0 spiro atoms. The minimum Gasteiger partial charge on any atom is -0.657 e. The molecule has 6 nitrogen and oxygen atoms in total. The quantitative estimate of drug-likeness (QED) is 0.175. The molecule has 8 rings (SSSR count). The van der Waals surface area contributed by atoms with E-state index in [0.717, 1.165) is 59.6 Å². The average Bonchev–Trinajstić information content (AvgIpc) is 3.37. The van der Waals surface area contributed by atoms with Crippen molar-refractivity contribution in [2.24, 2.45) is 0 Å². The molecule has 0 atom stereocenters. The minimum atomic E-state index is 0. The zero-order chi connectivity index (χ0) is 29.3. The van der Waals surface area contributed by atoms with Crippen LogP contribution in [0.1, 0.15) is 22.3 Å². The van der Waals surface area contributed by atoms with Crippen LogP contribution >= 0.6 is 0 Å². The van der Waals surface area contributed by atoms with Crippen molar-refractivity contribution < 1.29 is 30.5 Å². The fourth-order valence-electron chi connectivity index (χ4n) is 5.96. The molecule has 0 saturated carbocycles. The van der Waals surface area contributed by atoms with Crippen molar-refractivity contribution in [1.29, 1.82) is 0 Å². The molecule has 6 aromatic rings. The summed E-state index contributed by atoms with van der Waals surface area (Å²) in [7, 11) is 0. The summed E-state index contributed by atoms with van der Waals surface area (Å²) in [6, 6.07) is 38.5. The molecule has 222 valence electrons. The van der Waals surface area contributed by atoms with Gasteiger partial charge in [-0.1, -0.05) is 101 Å². The fourth-order valence-corrected chi connectivity index (χ4v) is 5.96. The molecule has 2 aromatic heterocycles. The van der Waals surface area contributed by atoms with E-state index in [4.69, 9.17) is 20.1 Å². The first-order valence-corrected chi connectivity index (χ1v) is 14.9. The van der Waals surface area contributed by atoms with Gasteiger partial charge in [0.15, 0.2) is 0 Å². The van der Waals surface area contributed by atoms with Crippen molar-refractivity contribution >= 4 is 22.7 Å². The van der Waals surface area contributed by atoms with Crippen LogP contribution in [0.15, 0.2) is 121 Å². The number of pyridine rings is 2. The topological polar surface area (TPSA) is 72.4 Å². The van der Waals surface area contributed by atoms with Crippen LogP contribution in [0.5, 0.6) is 23.4 Å². The predicted octanol–water partition coefficient (Wildman–Crippen LogP) is 10.6.